The number of halogens is 3. The summed E-state index contributed by atoms with van der Waals surface area (Å²) in [6.07, 6.45) is 5.35. The molecule has 0 aliphatic heterocycles. The van der Waals surface area contributed by atoms with Crippen molar-refractivity contribution in [2.75, 3.05) is 11.1 Å². The highest BCUT2D eigenvalue weighted by atomic mass is 19.4. The Morgan fingerprint density at radius 2 is 1.82 bits per heavy atom. The van der Waals surface area contributed by atoms with Crippen molar-refractivity contribution in [2.45, 2.75) is 43.9 Å². The van der Waals surface area contributed by atoms with E-state index in [0.717, 1.165) is 55.1 Å². The number of benzene rings is 1. The van der Waals surface area contributed by atoms with Gasteiger partial charge in [-0.1, -0.05) is 12.1 Å². The van der Waals surface area contributed by atoms with E-state index in [1.165, 1.54) is 6.33 Å². The van der Waals surface area contributed by atoms with Crippen LogP contribution in [0.15, 0.2) is 55.1 Å². The summed E-state index contributed by atoms with van der Waals surface area (Å²) in [5.41, 5.74) is 7.90. The summed E-state index contributed by atoms with van der Waals surface area (Å²) in [6.45, 7) is 0. The highest BCUT2D eigenvalue weighted by molar-refractivity contribution is 6.05. The SMILES string of the molecule is N#CNC1CCC(n2cc(-c3ccc(C(=O)Nc4cc(C(F)(F)F)ccn4)cc3)c3c(N)ncnc32)CC1. The van der Waals surface area contributed by atoms with E-state index in [1.807, 2.05) is 12.4 Å². The predicted octanol–water partition coefficient (Wildman–Crippen LogP) is 4.90. The van der Waals surface area contributed by atoms with Crippen LogP contribution in [-0.4, -0.2) is 31.5 Å². The lowest BCUT2D eigenvalue weighted by atomic mass is 9.91. The molecular weight excluding hydrogens is 497 g/mol. The summed E-state index contributed by atoms with van der Waals surface area (Å²) in [7, 11) is 0. The molecule has 1 aromatic carbocycles. The average molecular weight is 521 g/mol. The summed E-state index contributed by atoms with van der Waals surface area (Å²) in [5, 5.41) is 14.9. The first-order valence-corrected chi connectivity index (χ1v) is 11.9. The second-order valence-corrected chi connectivity index (χ2v) is 9.13. The van der Waals surface area contributed by atoms with Gasteiger partial charge in [0, 0.05) is 35.6 Å². The number of hydrogen-bond donors (Lipinski definition) is 3. The number of carbonyl (C=O) groups is 1. The van der Waals surface area contributed by atoms with Crippen molar-refractivity contribution in [2.24, 2.45) is 0 Å². The molecule has 0 atom stereocenters. The second-order valence-electron chi connectivity index (χ2n) is 9.13. The van der Waals surface area contributed by atoms with Gasteiger partial charge in [-0.25, -0.2) is 15.0 Å². The maximum atomic E-state index is 13.0. The van der Waals surface area contributed by atoms with Gasteiger partial charge < -0.3 is 20.9 Å². The zero-order valence-electron chi connectivity index (χ0n) is 20.0. The molecular formula is C26H23F3N8O. The largest absolute Gasteiger partial charge is 0.416 e. The number of fused-ring (bicyclic) bond motifs is 1. The predicted molar refractivity (Wildman–Crippen MR) is 135 cm³/mol. The molecule has 1 fully saturated rings. The summed E-state index contributed by atoms with van der Waals surface area (Å²) in [6, 6.07) is 8.63. The number of nitrogens with one attached hydrogen (secondary N) is 2. The van der Waals surface area contributed by atoms with Crippen LogP contribution >= 0.6 is 0 Å². The van der Waals surface area contributed by atoms with Crippen LogP contribution in [0.25, 0.3) is 22.2 Å². The van der Waals surface area contributed by atoms with Crippen molar-refractivity contribution in [1.29, 1.82) is 5.26 Å². The van der Waals surface area contributed by atoms with E-state index < -0.39 is 17.6 Å². The third kappa shape index (κ3) is 4.95. The normalized spacial score (nSPS) is 17.6. The van der Waals surface area contributed by atoms with Crippen LogP contribution in [-0.2, 0) is 6.18 Å². The molecule has 1 amide bonds. The van der Waals surface area contributed by atoms with Gasteiger partial charge in [-0.05, 0) is 55.5 Å². The number of hydrogen-bond acceptors (Lipinski definition) is 7. The van der Waals surface area contributed by atoms with Crippen molar-refractivity contribution in [3.05, 3.63) is 66.2 Å². The topological polar surface area (TPSA) is 135 Å². The van der Waals surface area contributed by atoms with E-state index in [-0.39, 0.29) is 23.5 Å². The molecule has 4 N–H and O–H groups in total. The Bertz CT molecular complexity index is 1520. The first-order chi connectivity index (χ1) is 18.2. The third-order valence-corrected chi connectivity index (χ3v) is 6.78. The summed E-state index contributed by atoms with van der Waals surface area (Å²) in [4.78, 5) is 25.1. The minimum absolute atomic E-state index is 0.169. The van der Waals surface area contributed by atoms with Crippen LogP contribution in [0, 0.1) is 11.5 Å². The number of rotatable bonds is 5. The minimum atomic E-state index is -4.54. The van der Waals surface area contributed by atoms with Gasteiger partial charge >= 0.3 is 6.18 Å². The Kier molecular flexibility index (Phi) is 6.59. The van der Waals surface area contributed by atoms with E-state index in [2.05, 4.69) is 30.2 Å². The number of nitrogens with two attached hydrogens (primary N) is 1. The van der Waals surface area contributed by atoms with Crippen LogP contribution in [0.1, 0.15) is 47.6 Å². The monoisotopic (exact) mass is 520 g/mol. The van der Waals surface area contributed by atoms with E-state index >= 15 is 0 Å². The minimum Gasteiger partial charge on any atom is -0.383 e. The number of carbonyl (C=O) groups excluding carboxylic acids is 1. The molecule has 38 heavy (non-hydrogen) atoms. The third-order valence-electron chi connectivity index (χ3n) is 6.78. The number of amides is 1. The molecule has 1 aliphatic rings. The van der Waals surface area contributed by atoms with Crippen molar-refractivity contribution in [3.8, 4) is 17.3 Å². The zero-order chi connectivity index (χ0) is 26.9. The Balaban J connectivity index is 1.40. The molecule has 9 nitrogen and oxygen atoms in total. The molecule has 0 unspecified atom stereocenters. The van der Waals surface area contributed by atoms with Gasteiger partial charge in [0.05, 0.1) is 10.9 Å². The molecule has 4 aromatic rings. The molecule has 0 saturated heterocycles. The molecule has 0 bridgehead atoms. The van der Waals surface area contributed by atoms with E-state index in [0.29, 0.717) is 16.9 Å². The summed E-state index contributed by atoms with van der Waals surface area (Å²) in [5.74, 6) is -0.445. The smallest absolute Gasteiger partial charge is 0.383 e. The quantitative estimate of drug-likeness (QED) is 0.252. The first-order valence-electron chi connectivity index (χ1n) is 11.9. The standard InChI is InChI=1S/C26H23F3N8O/c27-26(28,29)17-9-10-32-21(11-17)36-25(38)16-3-1-15(2-4-16)20-12-37(24-22(20)23(31)34-14-35-24)19-7-5-18(6-8-19)33-13-30/h1-4,9-12,14,18-19,33H,5-8H2,(H2,31,34,35)(H,32,36,38). The number of nitrogen functional groups attached to an aromatic ring is 1. The van der Waals surface area contributed by atoms with Crippen molar-refractivity contribution in [1.82, 2.24) is 24.8 Å². The number of anilines is 2. The number of nitrogens with zero attached hydrogens (tertiary/aromatic N) is 5. The van der Waals surface area contributed by atoms with Crippen molar-refractivity contribution in [3.63, 3.8) is 0 Å². The average Bonchev–Trinajstić information content (AvgIpc) is 3.30. The lowest BCUT2D eigenvalue weighted by molar-refractivity contribution is -0.137. The van der Waals surface area contributed by atoms with E-state index in [1.54, 1.807) is 24.3 Å². The van der Waals surface area contributed by atoms with Gasteiger partial charge in [0.15, 0.2) is 6.19 Å². The van der Waals surface area contributed by atoms with Crippen molar-refractivity contribution >= 4 is 28.6 Å². The van der Waals surface area contributed by atoms with Crippen LogP contribution in [0.3, 0.4) is 0 Å². The maximum absolute atomic E-state index is 13.0. The molecule has 5 rings (SSSR count). The fourth-order valence-corrected chi connectivity index (χ4v) is 4.86. The highest BCUT2D eigenvalue weighted by Gasteiger charge is 2.31. The lowest BCUT2D eigenvalue weighted by Gasteiger charge is -2.29. The van der Waals surface area contributed by atoms with Gasteiger partial charge in [-0.15, -0.1) is 0 Å². The first kappa shape index (κ1) is 25.0. The Hall–Kier alpha value is -4.66. The second kappa shape index (κ2) is 10.0. The number of alkyl halides is 3. The maximum Gasteiger partial charge on any atom is 0.416 e. The van der Waals surface area contributed by atoms with Gasteiger partial charge in [-0.3, -0.25) is 4.79 Å². The fourth-order valence-electron chi connectivity index (χ4n) is 4.86. The fraction of sp³-hybridized carbons (Fsp3) is 0.269. The number of nitriles is 1. The van der Waals surface area contributed by atoms with Gasteiger partial charge in [0.25, 0.3) is 5.91 Å². The van der Waals surface area contributed by atoms with Crippen LogP contribution < -0.4 is 16.4 Å². The van der Waals surface area contributed by atoms with Crippen LogP contribution in [0.2, 0.25) is 0 Å². The van der Waals surface area contributed by atoms with E-state index in [9.17, 15) is 18.0 Å². The number of aromatic nitrogens is 4. The van der Waals surface area contributed by atoms with Gasteiger partial charge in [0.2, 0.25) is 0 Å². The molecule has 0 radical (unpaired) electrons. The lowest BCUT2D eigenvalue weighted by Crippen LogP contribution is -2.30. The Labute approximate surface area is 215 Å². The Morgan fingerprint density at radius 3 is 2.50 bits per heavy atom. The zero-order valence-corrected chi connectivity index (χ0v) is 20.0. The molecule has 3 aromatic heterocycles. The van der Waals surface area contributed by atoms with Gasteiger partial charge in [-0.2, -0.15) is 18.4 Å². The molecule has 1 aliphatic carbocycles. The Morgan fingerprint density at radius 1 is 1.08 bits per heavy atom. The molecule has 1 saturated carbocycles. The van der Waals surface area contributed by atoms with Crippen molar-refractivity contribution < 1.29 is 18.0 Å². The highest BCUT2D eigenvalue weighted by Crippen LogP contribution is 2.38. The number of pyridine rings is 1. The van der Waals surface area contributed by atoms with Gasteiger partial charge in [0.1, 0.15) is 23.6 Å². The summed E-state index contributed by atoms with van der Waals surface area (Å²) < 4.78 is 41.0. The van der Waals surface area contributed by atoms with Crippen LogP contribution in [0.4, 0.5) is 24.8 Å². The molecule has 12 heteroatoms. The summed E-state index contributed by atoms with van der Waals surface area (Å²) >= 11 is 0. The van der Waals surface area contributed by atoms with Crippen LogP contribution in [0.5, 0.6) is 0 Å². The molecule has 3 heterocycles. The molecule has 194 valence electrons. The van der Waals surface area contributed by atoms with E-state index in [4.69, 9.17) is 11.0 Å². The molecule has 0 spiro atoms.